The predicted molar refractivity (Wildman–Crippen MR) is 109 cm³/mol. The van der Waals surface area contributed by atoms with E-state index >= 15 is 0 Å². The molecule has 160 valence electrons. The van der Waals surface area contributed by atoms with E-state index in [1.54, 1.807) is 17.0 Å². The zero-order valence-electron chi connectivity index (χ0n) is 17.7. The number of hydrogen-bond acceptors (Lipinski definition) is 4. The summed E-state index contributed by atoms with van der Waals surface area (Å²) in [5.74, 6) is -0.240. The summed E-state index contributed by atoms with van der Waals surface area (Å²) < 4.78 is 18.5. The van der Waals surface area contributed by atoms with Crippen molar-refractivity contribution in [2.75, 3.05) is 39.3 Å². The maximum Gasteiger partial charge on any atom is 0.410 e. The SMILES string of the molecule is CC(C)(C)OC(=O)N1CCN(CCCNC(=O)C2(c3ccc(F)cc3)CC2)CC1. The Morgan fingerprint density at radius 3 is 2.28 bits per heavy atom. The molecule has 0 bridgehead atoms. The van der Waals surface area contributed by atoms with Crippen LogP contribution in [0.3, 0.4) is 0 Å². The fourth-order valence-corrected chi connectivity index (χ4v) is 3.70. The predicted octanol–water partition coefficient (Wildman–Crippen LogP) is 2.92. The highest BCUT2D eigenvalue weighted by Gasteiger charge is 2.51. The molecule has 1 aromatic rings. The molecule has 2 aliphatic rings. The first kappa shape index (κ1) is 21.6. The molecule has 0 unspecified atom stereocenters. The average molecular weight is 406 g/mol. The van der Waals surface area contributed by atoms with E-state index in [-0.39, 0.29) is 17.8 Å². The van der Waals surface area contributed by atoms with Crippen molar-refractivity contribution in [1.82, 2.24) is 15.1 Å². The highest BCUT2D eigenvalue weighted by molar-refractivity contribution is 5.91. The van der Waals surface area contributed by atoms with Crippen LogP contribution < -0.4 is 5.32 Å². The summed E-state index contributed by atoms with van der Waals surface area (Å²) in [7, 11) is 0. The lowest BCUT2D eigenvalue weighted by molar-refractivity contribution is -0.123. The van der Waals surface area contributed by atoms with Gasteiger partial charge in [-0.2, -0.15) is 0 Å². The average Bonchev–Trinajstić information content (AvgIpc) is 3.47. The normalized spacial score (nSPS) is 19.0. The minimum absolute atomic E-state index is 0.0406. The van der Waals surface area contributed by atoms with E-state index in [4.69, 9.17) is 4.74 Å². The second-order valence-electron chi connectivity index (χ2n) is 9.01. The number of rotatable bonds is 6. The molecule has 1 saturated carbocycles. The number of halogens is 1. The topological polar surface area (TPSA) is 61.9 Å². The molecule has 3 rings (SSSR count). The van der Waals surface area contributed by atoms with Crippen LogP contribution in [-0.4, -0.2) is 66.7 Å². The van der Waals surface area contributed by atoms with E-state index in [9.17, 15) is 14.0 Å². The van der Waals surface area contributed by atoms with E-state index < -0.39 is 11.0 Å². The standard InChI is InChI=1S/C22H32FN3O3/c1-21(2,3)29-20(28)26-15-13-25(14-16-26)12-4-11-24-19(27)22(9-10-22)17-5-7-18(23)8-6-17/h5-8H,4,9-16H2,1-3H3,(H,24,27). The molecule has 1 aromatic carbocycles. The van der Waals surface area contributed by atoms with Gasteiger partial charge in [0.25, 0.3) is 0 Å². The van der Waals surface area contributed by atoms with Crippen LogP contribution in [0, 0.1) is 5.82 Å². The Hall–Kier alpha value is -2.15. The quantitative estimate of drug-likeness (QED) is 0.740. The van der Waals surface area contributed by atoms with Crippen LogP contribution in [-0.2, 0) is 14.9 Å². The number of carbonyl (C=O) groups is 2. The van der Waals surface area contributed by atoms with Crippen molar-refractivity contribution < 1.29 is 18.7 Å². The van der Waals surface area contributed by atoms with E-state index in [1.165, 1.54) is 12.1 Å². The lowest BCUT2D eigenvalue weighted by atomic mass is 9.95. The van der Waals surface area contributed by atoms with Crippen molar-refractivity contribution in [3.63, 3.8) is 0 Å². The summed E-state index contributed by atoms with van der Waals surface area (Å²) in [6.07, 6.45) is 2.24. The number of hydrogen-bond donors (Lipinski definition) is 1. The Kier molecular flexibility index (Phi) is 6.46. The first-order chi connectivity index (χ1) is 13.7. The third-order valence-electron chi connectivity index (χ3n) is 5.54. The highest BCUT2D eigenvalue weighted by atomic mass is 19.1. The second-order valence-corrected chi connectivity index (χ2v) is 9.01. The minimum atomic E-state index is -0.473. The van der Waals surface area contributed by atoms with Crippen molar-refractivity contribution in [3.05, 3.63) is 35.6 Å². The molecule has 1 saturated heterocycles. The Morgan fingerprint density at radius 1 is 1.10 bits per heavy atom. The van der Waals surface area contributed by atoms with Gasteiger partial charge in [0.15, 0.2) is 0 Å². The molecule has 2 amide bonds. The summed E-state index contributed by atoms with van der Waals surface area (Å²) in [6.45, 7) is 10.1. The van der Waals surface area contributed by atoms with Crippen LogP contribution in [0.25, 0.3) is 0 Å². The number of nitrogens with one attached hydrogen (secondary N) is 1. The number of benzene rings is 1. The molecule has 6 nitrogen and oxygen atoms in total. The van der Waals surface area contributed by atoms with Crippen LogP contribution in [0.2, 0.25) is 0 Å². The van der Waals surface area contributed by atoms with Crippen LogP contribution in [0.4, 0.5) is 9.18 Å². The van der Waals surface area contributed by atoms with Gasteiger partial charge >= 0.3 is 6.09 Å². The summed E-state index contributed by atoms with van der Waals surface area (Å²) >= 11 is 0. The smallest absolute Gasteiger partial charge is 0.410 e. The van der Waals surface area contributed by atoms with Gasteiger partial charge in [-0.15, -0.1) is 0 Å². The van der Waals surface area contributed by atoms with Crippen molar-refractivity contribution in [1.29, 1.82) is 0 Å². The van der Waals surface area contributed by atoms with Crippen molar-refractivity contribution in [2.24, 2.45) is 0 Å². The summed E-state index contributed by atoms with van der Waals surface area (Å²) in [5, 5.41) is 3.05. The largest absolute Gasteiger partial charge is 0.444 e. The molecule has 0 aromatic heterocycles. The van der Waals surface area contributed by atoms with Crippen molar-refractivity contribution in [3.8, 4) is 0 Å². The monoisotopic (exact) mass is 405 g/mol. The van der Waals surface area contributed by atoms with Crippen molar-refractivity contribution in [2.45, 2.75) is 51.0 Å². The molecule has 29 heavy (non-hydrogen) atoms. The molecule has 0 atom stereocenters. The summed E-state index contributed by atoms with van der Waals surface area (Å²) in [5.41, 5.74) is -0.0407. The van der Waals surface area contributed by atoms with Crippen LogP contribution >= 0.6 is 0 Å². The van der Waals surface area contributed by atoms with Crippen molar-refractivity contribution >= 4 is 12.0 Å². The Balaban J connectivity index is 1.35. The van der Waals surface area contributed by atoms with E-state index in [2.05, 4.69) is 10.2 Å². The highest BCUT2D eigenvalue weighted by Crippen LogP contribution is 2.48. The molecular weight excluding hydrogens is 373 g/mol. The van der Waals surface area contributed by atoms with Gasteiger partial charge in [-0.25, -0.2) is 9.18 Å². The Bertz CT molecular complexity index is 718. The number of carbonyl (C=O) groups excluding carboxylic acids is 2. The van der Waals surface area contributed by atoms with Crippen LogP contribution in [0.5, 0.6) is 0 Å². The number of nitrogens with zero attached hydrogens (tertiary/aromatic N) is 2. The first-order valence-electron chi connectivity index (χ1n) is 10.4. The summed E-state index contributed by atoms with van der Waals surface area (Å²) in [6, 6.07) is 6.26. The fourth-order valence-electron chi connectivity index (χ4n) is 3.70. The minimum Gasteiger partial charge on any atom is -0.444 e. The van der Waals surface area contributed by atoms with Gasteiger partial charge in [0.05, 0.1) is 5.41 Å². The Morgan fingerprint density at radius 2 is 1.72 bits per heavy atom. The van der Waals surface area contributed by atoms with E-state index in [0.717, 1.165) is 44.5 Å². The second kappa shape index (κ2) is 8.69. The molecule has 1 aliphatic carbocycles. The van der Waals surface area contributed by atoms with Gasteiger partial charge in [0.1, 0.15) is 11.4 Å². The molecule has 0 radical (unpaired) electrons. The molecule has 1 N–H and O–H groups in total. The lowest BCUT2D eigenvalue weighted by Gasteiger charge is -2.35. The third-order valence-corrected chi connectivity index (χ3v) is 5.54. The van der Waals surface area contributed by atoms with Gasteiger partial charge in [0.2, 0.25) is 5.91 Å². The lowest BCUT2D eigenvalue weighted by Crippen LogP contribution is -2.50. The molecule has 1 heterocycles. The number of ether oxygens (including phenoxy) is 1. The molecule has 0 spiro atoms. The summed E-state index contributed by atoms with van der Waals surface area (Å²) in [4.78, 5) is 28.8. The third kappa shape index (κ3) is 5.69. The van der Waals surface area contributed by atoms with E-state index in [0.29, 0.717) is 19.6 Å². The zero-order valence-corrected chi connectivity index (χ0v) is 17.7. The maximum atomic E-state index is 13.1. The van der Waals surface area contributed by atoms with Gasteiger partial charge in [-0.05, 0) is 64.3 Å². The maximum absolute atomic E-state index is 13.1. The zero-order chi connectivity index (χ0) is 21.1. The van der Waals surface area contributed by atoms with Crippen LogP contribution in [0.1, 0.15) is 45.6 Å². The first-order valence-corrected chi connectivity index (χ1v) is 10.4. The van der Waals surface area contributed by atoms with E-state index in [1.807, 2.05) is 20.8 Å². The van der Waals surface area contributed by atoms with Crippen LogP contribution in [0.15, 0.2) is 24.3 Å². The van der Waals surface area contributed by atoms with Gasteiger partial charge in [-0.1, -0.05) is 12.1 Å². The molecule has 7 heteroatoms. The van der Waals surface area contributed by atoms with Gasteiger partial charge in [0, 0.05) is 32.7 Å². The Labute approximate surface area is 172 Å². The van der Waals surface area contributed by atoms with Gasteiger partial charge in [-0.3, -0.25) is 9.69 Å². The molecule has 2 fully saturated rings. The molecular formula is C22H32FN3O3. The fraction of sp³-hybridized carbons (Fsp3) is 0.636. The number of amides is 2. The van der Waals surface area contributed by atoms with Gasteiger partial charge < -0.3 is 15.0 Å². The molecule has 1 aliphatic heterocycles. The number of piperazine rings is 1.